The summed E-state index contributed by atoms with van der Waals surface area (Å²) in [7, 11) is 3.04. The van der Waals surface area contributed by atoms with Crippen molar-refractivity contribution in [2.45, 2.75) is 18.9 Å². The van der Waals surface area contributed by atoms with E-state index < -0.39 is 0 Å². The Labute approximate surface area is 133 Å². The van der Waals surface area contributed by atoms with Crippen molar-refractivity contribution in [3.63, 3.8) is 0 Å². The van der Waals surface area contributed by atoms with Crippen molar-refractivity contribution in [1.82, 2.24) is 9.80 Å². The smallest absolute Gasteiger partial charge is 0.254 e. The molecule has 0 saturated carbocycles. The van der Waals surface area contributed by atoms with Crippen molar-refractivity contribution in [3.8, 4) is 11.5 Å². The lowest BCUT2D eigenvalue weighted by Crippen LogP contribution is -2.62. The molecule has 2 saturated heterocycles. The van der Waals surface area contributed by atoms with Crippen LogP contribution in [0, 0.1) is 0 Å². The highest BCUT2D eigenvalue weighted by atomic mass is 16.5. The summed E-state index contributed by atoms with van der Waals surface area (Å²) < 4.78 is 10.3. The van der Waals surface area contributed by atoms with Crippen LogP contribution in [0.25, 0.3) is 0 Å². The first-order chi connectivity index (χ1) is 11.0. The van der Waals surface area contributed by atoms with Gasteiger partial charge >= 0.3 is 0 Å². The van der Waals surface area contributed by atoms with Crippen molar-refractivity contribution in [2.24, 2.45) is 0 Å². The van der Waals surface area contributed by atoms with Crippen molar-refractivity contribution in [1.29, 1.82) is 0 Å². The molecule has 0 radical (unpaired) electrons. The molecule has 3 amide bonds. The second kappa shape index (κ2) is 5.91. The molecule has 2 aliphatic rings. The normalized spacial score (nSPS) is 18.2. The molecular weight excluding hydrogens is 300 g/mol. The van der Waals surface area contributed by atoms with Crippen molar-refractivity contribution in [3.05, 3.63) is 23.8 Å². The minimum atomic E-state index is -0.200. The SMILES string of the molecule is COc1cc(OC)cc(C(=O)N2CC(N3C(=O)CCC3=O)C2)c1. The molecule has 0 atom stereocenters. The number of methoxy groups -OCH3 is 2. The molecule has 1 aromatic carbocycles. The molecule has 7 nitrogen and oxygen atoms in total. The van der Waals surface area contributed by atoms with Gasteiger partial charge in [0.1, 0.15) is 11.5 Å². The lowest BCUT2D eigenvalue weighted by atomic mass is 10.0. The van der Waals surface area contributed by atoms with Crippen LogP contribution >= 0.6 is 0 Å². The first-order valence-electron chi connectivity index (χ1n) is 7.40. The van der Waals surface area contributed by atoms with Gasteiger partial charge in [-0.1, -0.05) is 0 Å². The highest BCUT2D eigenvalue weighted by Gasteiger charge is 2.42. The summed E-state index contributed by atoms with van der Waals surface area (Å²) in [6, 6.07) is 4.78. The number of likely N-dealkylation sites (tertiary alicyclic amines) is 2. The van der Waals surface area contributed by atoms with E-state index in [0.29, 0.717) is 30.2 Å². The molecule has 3 rings (SSSR count). The van der Waals surface area contributed by atoms with E-state index in [9.17, 15) is 14.4 Å². The van der Waals surface area contributed by atoms with Gasteiger partial charge < -0.3 is 14.4 Å². The average Bonchev–Trinajstić information content (AvgIpc) is 2.85. The van der Waals surface area contributed by atoms with Crippen LogP contribution in [0.1, 0.15) is 23.2 Å². The van der Waals surface area contributed by atoms with Gasteiger partial charge in [0.2, 0.25) is 11.8 Å². The van der Waals surface area contributed by atoms with E-state index in [2.05, 4.69) is 0 Å². The third-order valence-corrected chi connectivity index (χ3v) is 4.20. The average molecular weight is 318 g/mol. The summed E-state index contributed by atoms with van der Waals surface area (Å²) in [5, 5.41) is 0. The van der Waals surface area contributed by atoms with Crippen molar-refractivity contribution >= 4 is 17.7 Å². The van der Waals surface area contributed by atoms with Crippen LogP contribution in [0.3, 0.4) is 0 Å². The van der Waals surface area contributed by atoms with Crippen LogP contribution in [0.5, 0.6) is 11.5 Å². The zero-order valence-corrected chi connectivity index (χ0v) is 13.1. The second-order valence-electron chi connectivity index (χ2n) is 5.62. The van der Waals surface area contributed by atoms with Gasteiger partial charge in [-0.05, 0) is 12.1 Å². The van der Waals surface area contributed by atoms with Crippen LogP contribution in [0.4, 0.5) is 0 Å². The number of hydrogen-bond donors (Lipinski definition) is 0. The summed E-state index contributed by atoms with van der Waals surface area (Å²) >= 11 is 0. The van der Waals surface area contributed by atoms with Gasteiger partial charge in [0, 0.05) is 37.6 Å². The first kappa shape index (κ1) is 15.3. The molecule has 0 spiro atoms. The Morgan fingerprint density at radius 2 is 1.52 bits per heavy atom. The number of rotatable bonds is 4. The third-order valence-electron chi connectivity index (χ3n) is 4.20. The largest absolute Gasteiger partial charge is 0.497 e. The van der Waals surface area contributed by atoms with Crippen molar-refractivity contribution < 1.29 is 23.9 Å². The van der Waals surface area contributed by atoms with E-state index in [-0.39, 0.29) is 36.6 Å². The molecule has 0 aliphatic carbocycles. The molecule has 2 aliphatic heterocycles. The van der Waals surface area contributed by atoms with Gasteiger partial charge in [0.15, 0.2) is 0 Å². The molecule has 23 heavy (non-hydrogen) atoms. The van der Waals surface area contributed by atoms with Gasteiger partial charge in [-0.15, -0.1) is 0 Å². The maximum atomic E-state index is 12.5. The maximum absolute atomic E-state index is 12.5. The predicted molar refractivity (Wildman–Crippen MR) is 80.3 cm³/mol. The summed E-state index contributed by atoms with van der Waals surface area (Å²) in [5.41, 5.74) is 0.457. The molecule has 0 bridgehead atoms. The number of ether oxygens (including phenoxy) is 2. The number of carbonyl (C=O) groups excluding carboxylic acids is 3. The fourth-order valence-corrected chi connectivity index (χ4v) is 2.90. The fourth-order valence-electron chi connectivity index (χ4n) is 2.90. The Morgan fingerprint density at radius 1 is 1.00 bits per heavy atom. The minimum absolute atomic E-state index is 0.143. The van der Waals surface area contributed by atoms with Crippen LogP contribution in [0.2, 0.25) is 0 Å². The number of hydrogen-bond acceptors (Lipinski definition) is 5. The van der Waals surface area contributed by atoms with Gasteiger partial charge in [0.25, 0.3) is 5.91 Å². The highest BCUT2D eigenvalue weighted by Crippen LogP contribution is 2.27. The first-order valence-corrected chi connectivity index (χ1v) is 7.40. The minimum Gasteiger partial charge on any atom is -0.497 e. The Bertz CT molecular complexity index is 628. The summed E-state index contributed by atoms with van der Waals surface area (Å²) in [5.74, 6) is 0.618. The molecule has 2 heterocycles. The monoisotopic (exact) mass is 318 g/mol. The second-order valence-corrected chi connectivity index (χ2v) is 5.62. The zero-order chi connectivity index (χ0) is 16.6. The number of carbonyl (C=O) groups is 3. The summed E-state index contributed by atoms with van der Waals surface area (Å²) in [6.45, 7) is 0.742. The number of amides is 3. The molecule has 7 heteroatoms. The van der Waals surface area contributed by atoms with E-state index in [1.165, 1.54) is 19.1 Å². The van der Waals surface area contributed by atoms with Gasteiger partial charge in [-0.2, -0.15) is 0 Å². The fraction of sp³-hybridized carbons (Fsp3) is 0.438. The van der Waals surface area contributed by atoms with E-state index in [4.69, 9.17) is 9.47 Å². The van der Waals surface area contributed by atoms with E-state index in [1.54, 1.807) is 23.1 Å². The van der Waals surface area contributed by atoms with Crippen LogP contribution in [-0.4, -0.2) is 60.9 Å². The number of nitrogens with zero attached hydrogens (tertiary/aromatic N) is 2. The molecule has 1 aromatic rings. The molecule has 122 valence electrons. The predicted octanol–water partition coefficient (Wildman–Crippen LogP) is 0.677. The van der Waals surface area contributed by atoms with Crippen LogP contribution < -0.4 is 9.47 Å². The summed E-state index contributed by atoms with van der Waals surface area (Å²) in [4.78, 5) is 38.8. The molecule has 0 aromatic heterocycles. The highest BCUT2D eigenvalue weighted by molar-refractivity contribution is 6.03. The third kappa shape index (κ3) is 2.74. The lowest BCUT2D eigenvalue weighted by molar-refractivity contribution is -0.144. The van der Waals surface area contributed by atoms with E-state index in [0.717, 1.165) is 0 Å². The van der Waals surface area contributed by atoms with E-state index >= 15 is 0 Å². The molecule has 0 unspecified atom stereocenters. The summed E-state index contributed by atoms with van der Waals surface area (Å²) in [6.07, 6.45) is 0.548. The van der Waals surface area contributed by atoms with Gasteiger partial charge in [-0.3, -0.25) is 19.3 Å². The standard InChI is InChI=1S/C16H18N2O5/c1-22-12-5-10(6-13(7-12)23-2)16(21)17-8-11(9-17)18-14(19)3-4-15(18)20/h5-7,11H,3-4,8-9H2,1-2H3. The lowest BCUT2D eigenvalue weighted by Gasteiger charge is -2.43. The van der Waals surface area contributed by atoms with E-state index in [1.807, 2.05) is 0 Å². The number of benzene rings is 1. The van der Waals surface area contributed by atoms with Crippen molar-refractivity contribution in [2.75, 3.05) is 27.3 Å². The van der Waals surface area contributed by atoms with Crippen LogP contribution in [-0.2, 0) is 9.59 Å². The maximum Gasteiger partial charge on any atom is 0.254 e. The topological polar surface area (TPSA) is 76.2 Å². The molecular formula is C16H18N2O5. The Hall–Kier alpha value is -2.57. The quantitative estimate of drug-likeness (QED) is 0.763. The Kier molecular flexibility index (Phi) is 3.94. The molecule has 2 fully saturated rings. The number of imide groups is 1. The van der Waals surface area contributed by atoms with Gasteiger partial charge in [0.05, 0.1) is 20.3 Å². The Balaban J connectivity index is 1.69. The Morgan fingerprint density at radius 3 is 2.00 bits per heavy atom. The van der Waals surface area contributed by atoms with Gasteiger partial charge in [-0.25, -0.2) is 0 Å². The zero-order valence-electron chi connectivity index (χ0n) is 13.1. The van der Waals surface area contributed by atoms with Crippen LogP contribution in [0.15, 0.2) is 18.2 Å². The molecule has 0 N–H and O–H groups in total.